The van der Waals surface area contributed by atoms with Crippen LogP contribution >= 0.6 is 0 Å². The zero-order valence-electron chi connectivity index (χ0n) is 11.9. The van der Waals surface area contributed by atoms with Gasteiger partial charge in [-0.15, -0.1) is 0 Å². The smallest absolute Gasteiger partial charge is 0.340 e. The van der Waals surface area contributed by atoms with Crippen LogP contribution in [-0.2, 0) is 19.6 Å². The van der Waals surface area contributed by atoms with Crippen LogP contribution in [0.3, 0.4) is 0 Å². The average molecular weight is 319 g/mol. The first-order valence-electron chi connectivity index (χ1n) is 6.15. The summed E-state index contributed by atoms with van der Waals surface area (Å²) in [6.45, 7) is 4.34. The van der Waals surface area contributed by atoms with Gasteiger partial charge in [-0.3, -0.25) is 9.89 Å². The number of sulfonamides is 1. The molecule has 0 aromatic carbocycles. The van der Waals surface area contributed by atoms with E-state index >= 15 is 0 Å². The number of hydrogen-bond acceptors (Lipinski definition) is 6. The van der Waals surface area contributed by atoms with E-state index in [-0.39, 0.29) is 6.61 Å². The van der Waals surface area contributed by atoms with Gasteiger partial charge in [-0.1, -0.05) is 0 Å². The molecule has 0 spiro atoms. The Bertz CT molecular complexity index is 622. The van der Waals surface area contributed by atoms with Crippen LogP contribution in [0.1, 0.15) is 31.1 Å². The van der Waals surface area contributed by atoms with Gasteiger partial charge in [0.25, 0.3) is 10.0 Å². The summed E-state index contributed by atoms with van der Waals surface area (Å²) in [5.41, 5.74) is -0.482. The van der Waals surface area contributed by atoms with Crippen molar-refractivity contribution in [3.8, 4) is 0 Å². The number of carbonyl (C=O) groups excluding carboxylic acids is 1. The van der Waals surface area contributed by atoms with Gasteiger partial charge in [0.15, 0.2) is 5.03 Å². The maximum Gasteiger partial charge on any atom is 0.340 e. The van der Waals surface area contributed by atoms with E-state index in [2.05, 4.69) is 10.2 Å². The number of carboxylic acids is 1. The average Bonchev–Trinajstić information content (AvgIpc) is 2.85. The van der Waals surface area contributed by atoms with Crippen molar-refractivity contribution >= 4 is 22.0 Å². The van der Waals surface area contributed by atoms with Crippen molar-refractivity contribution in [2.75, 3.05) is 13.2 Å². The SMILES string of the molecule is CCOC(=O)CN(C(C)C)S(=O)(=O)c1[nH]ncc1C(=O)O. The quantitative estimate of drug-likeness (QED) is 0.680. The fourth-order valence-corrected chi connectivity index (χ4v) is 3.27. The van der Waals surface area contributed by atoms with Gasteiger partial charge in [0.2, 0.25) is 0 Å². The molecule has 9 nitrogen and oxygen atoms in total. The van der Waals surface area contributed by atoms with Crippen LogP contribution in [0, 0.1) is 0 Å². The molecule has 0 fully saturated rings. The Labute approximate surface area is 121 Å². The van der Waals surface area contributed by atoms with Crippen LogP contribution in [0.5, 0.6) is 0 Å². The first kappa shape index (κ1) is 17.1. The minimum absolute atomic E-state index is 0.120. The predicted octanol–water partition coefficient (Wildman–Crippen LogP) is 0.0701. The molecule has 0 saturated carbocycles. The lowest BCUT2D eigenvalue weighted by atomic mass is 10.4. The normalized spacial score (nSPS) is 11.9. The molecule has 2 N–H and O–H groups in total. The number of esters is 1. The van der Waals surface area contributed by atoms with E-state index in [4.69, 9.17) is 9.84 Å². The molecule has 0 aliphatic heterocycles. The Balaban J connectivity index is 3.19. The lowest BCUT2D eigenvalue weighted by Gasteiger charge is -2.24. The highest BCUT2D eigenvalue weighted by Gasteiger charge is 2.34. The summed E-state index contributed by atoms with van der Waals surface area (Å²) < 4.78 is 30.5. The van der Waals surface area contributed by atoms with Gasteiger partial charge in [-0.25, -0.2) is 13.2 Å². The van der Waals surface area contributed by atoms with Gasteiger partial charge in [0, 0.05) is 6.04 Å². The van der Waals surface area contributed by atoms with Gasteiger partial charge >= 0.3 is 11.9 Å². The van der Waals surface area contributed by atoms with Gasteiger partial charge in [0.1, 0.15) is 12.1 Å². The molecule has 1 aromatic heterocycles. The summed E-state index contributed by atoms with van der Waals surface area (Å²) in [6.07, 6.45) is 0.901. The van der Waals surface area contributed by atoms with Crippen molar-refractivity contribution in [3.63, 3.8) is 0 Å². The first-order chi connectivity index (χ1) is 9.71. The van der Waals surface area contributed by atoms with Crippen LogP contribution in [-0.4, -0.2) is 59.2 Å². The van der Waals surface area contributed by atoms with E-state index in [1.807, 2.05) is 0 Å². The van der Waals surface area contributed by atoms with Crippen LogP contribution in [0.25, 0.3) is 0 Å². The summed E-state index contributed by atoms with van der Waals surface area (Å²) in [5, 5.41) is 14.0. The van der Waals surface area contributed by atoms with Crippen molar-refractivity contribution in [2.45, 2.75) is 31.8 Å². The lowest BCUT2D eigenvalue weighted by Crippen LogP contribution is -2.41. The number of carboxylic acid groups (broad SMARTS) is 1. The third-order valence-corrected chi connectivity index (χ3v) is 4.56. The maximum absolute atomic E-state index is 12.5. The molecule has 0 saturated heterocycles. The van der Waals surface area contributed by atoms with Gasteiger partial charge in [0.05, 0.1) is 12.8 Å². The van der Waals surface area contributed by atoms with Crippen molar-refractivity contribution < 1.29 is 27.9 Å². The topological polar surface area (TPSA) is 130 Å². The molecular formula is C11H17N3O6S. The van der Waals surface area contributed by atoms with E-state index in [9.17, 15) is 18.0 Å². The number of hydrogen-bond donors (Lipinski definition) is 2. The zero-order valence-corrected chi connectivity index (χ0v) is 12.7. The summed E-state index contributed by atoms with van der Waals surface area (Å²) in [4.78, 5) is 22.5. The third kappa shape index (κ3) is 3.79. The maximum atomic E-state index is 12.5. The van der Waals surface area contributed by atoms with Crippen molar-refractivity contribution in [2.24, 2.45) is 0 Å². The summed E-state index contributed by atoms with van der Waals surface area (Å²) >= 11 is 0. The minimum Gasteiger partial charge on any atom is -0.478 e. The molecule has 0 aliphatic carbocycles. The van der Waals surface area contributed by atoms with E-state index < -0.39 is 45.1 Å². The van der Waals surface area contributed by atoms with Crippen molar-refractivity contribution in [1.82, 2.24) is 14.5 Å². The Morgan fingerprint density at radius 1 is 1.48 bits per heavy atom. The number of nitrogens with one attached hydrogen (secondary N) is 1. The molecule has 21 heavy (non-hydrogen) atoms. The molecule has 10 heteroatoms. The van der Waals surface area contributed by atoms with E-state index in [1.54, 1.807) is 20.8 Å². The Hall–Kier alpha value is -1.94. The van der Waals surface area contributed by atoms with Gasteiger partial charge in [-0.2, -0.15) is 9.40 Å². The molecule has 118 valence electrons. The molecular weight excluding hydrogens is 302 g/mol. The van der Waals surface area contributed by atoms with E-state index in [0.29, 0.717) is 0 Å². The second-order valence-corrected chi connectivity index (χ2v) is 6.19. The Morgan fingerprint density at radius 2 is 2.10 bits per heavy atom. The predicted molar refractivity (Wildman–Crippen MR) is 71.2 cm³/mol. The monoisotopic (exact) mass is 319 g/mol. The molecule has 0 amide bonds. The molecule has 1 aromatic rings. The minimum atomic E-state index is -4.21. The van der Waals surface area contributed by atoms with Gasteiger partial charge < -0.3 is 9.84 Å². The molecule has 1 heterocycles. The van der Waals surface area contributed by atoms with Crippen molar-refractivity contribution in [3.05, 3.63) is 11.8 Å². The number of carbonyl (C=O) groups is 2. The van der Waals surface area contributed by atoms with E-state index in [0.717, 1.165) is 10.5 Å². The second-order valence-electron chi connectivity index (χ2n) is 4.37. The molecule has 0 radical (unpaired) electrons. The summed E-state index contributed by atoms with van der Waals surface area (Å²) in [5.74, 6) is -2.15. The molecule has 0 unspecified atom stereocenters. The number of aromatic nitrogens is 2. The van der Waals surface area contributed by atoms with Crippen molar-refractivity contribution in [1.29, 1.82) is 0 Å². The third-order valence-electron chi connectivity index (χ3n) is 2.57. The molecule has 1 rings (SSSR count). The highest BCUT2D eigenvalue weighted by molar-refractivity contribution is 7.89. The first-order valence-corrected chi connectivity index (χ1v) is 7.60. The van der Waals surface area contributed by atoms with Gasteiger partial charge in [-0.05, 0) is 20.8 Å². The van der Waals surface area contributed by atoms with E-state index in [1.165, 1.54) is 0 Å². The second kappa shape index (κ2) is 6.68. The largest absolute Gasteiger partial charge is 0.478 e. The Kier molecular flexibility index (Phi) is 5.44. The number of aromatic amines is 1. The molecule has 0 atom stereocenters. The highest BCUT2D eigenvalue weighted by atomic mass is 32.2. The van der Waals surface area contributed by atoms with Crippen LogP contribution in [0.15, 0.2) is 11.2 Å². The summed E-state index contributed by atoms with van der Waals surface area (Å²) in [7, 11) is -4.21. The molecule has 0 bridgehead atoms. The fourth-order valence-electron chi connectivity index (χ4n) is 1.62. The van der Waals surface area contributed by atoms with Crippen LogP contribution in [0.2, 0.25) is 0 Å². The number of nitrogens with zero attached hydrogens (tertiary/aromatic N) is 2. The number of rotatable bonds is 7. The standard InChI is InChI=1S/C11H17N3O6S/c1-4-20-9(15)6-14(7(2)3)21(18,19)10-8(11(16)17)5-12-13-10/h5,7H,4,6H2,1-3H3,(H,12,13)(H,16,17). The fraction of sp³-hybridized carbons (Fsp3) is 0.545. The van der Waals surface area contributed by atoms with Crippen LogP contribution < -0.4 is 0 Å². The number of aromatic carboxylic acids is 1. The zero-order chi connectivity index (χ0) is 16.2. The number of H-pyrrole nitrogens is 1. The Morgan fingerprint density at radius 3 is 2.57 bits per heavy atom. The lowest BCUT2D eigenvalue weighted by molar-refractivity contribution is -0.143. The van der Waals surface area contributed by atoms with Crippen LogP contribution in [0.4, 0.5) is 0 Å². The molecule has 0 aliphatic rings. The summed E-state index contributed by atoms with van der Waals surface area (Å²) in [6, 6.07) is -0.565. The number of ether oxygens (including phenoxy) is 1. The highest BCUT2D eigenvalue weighted by Crippen LogP contribution is 2.19.